The van der Waals surface area contributed by atoms with Crippen LogP contribution < -0.4 is 4.72 Å². The molecule has 0 saturated carbocycles. The molecule has 0 spiro atoms. The van der Waals surface area contributed by atoms with E-state index in [4.69, 9.17) is 4.42 Å². The maximum Gasteiger partial charge on any atom is 0.289 e. The molecule has 1 N–H and O–H groups in total. The van der Waals surface area contributed by atoms with Crippen molar-refractivity contribution in [2.45, 2.75) is 46.1 Å². The number of hydrogen-bond acceptors (Lipinski definition) is 4. The van der Waals surface area contributed by atoms with E-state index in [-0.39, 0.29) is 23.6 Å². The fourth-order valence-electron chi connectivity index (χ4n) is 3.24. The number of sulfonamides is 1. The summed E-state index contributed by atoms with van der Waals surface area (Å²) >= 11 is 0. The molecule has 0 bridgehead atoms. The minimum Gasteiger partial charge on any atom is -0.455 e. The highest BCUT2D eigenvalue weighted by Gasteiger charge is 2.33. The molecule has 1 aliphatic heterocycles. The number of nitrogens with zero attached hydrogens (tertiary/aromatic N) is 1. The van der Waals surface area contributed by atoms with Crippen molar-refractivity contribution in [2.24, 2.45) is 5.41 Å². The summed E-state index contributed by atoms with van der Waals surface area (Å²) in [7, 11) is -3.28. The lowest BCUT2D eigenvalue weighted by Gasteiger charge is -2.40. The van der Waals surface area contributed by atoms with Gasteiger partial charge >= 0.3 is 0 Å². The quantitative estimate of drug-likeness (QED) is 0.861. The minimum absolute atomic E-state index is 0.0552. The second-order valence-electron chi connectivity index (χ2n) is 6.75. The van der Waals surface area contributed by atoms with Crippen molar-refractivity contribution in [1.82, 2.24) is 9.62 Å². The van der Waals surface area contributed by atoms with Crippen molar-refractivity contribution in [3.05, 3.63) is 23.7 Å². The molecule has 130 valence electrons. The van der Waals surface area contributed by atoms with Gasteiger partial charge in [-0.1, -0.05) is 20.3 Å². The second-order valence-corrected chi connectivity index (χ2v) is 8.58. The Labute approximate surface area is 138 Å². The lowest BCUT2D eigenvalue weighted by atomic mass is 9.78. The summed E-state index contributed by atoms with van der Waals surface area (Å²) in [4.78, 5) is 14.5. The molecule has 1 atom stereocenters. The molecule has 6 nitrogen and oxygen atoms in total. The standard InChI is InChI=1S/C16H26N2O4S/c1-4-8-16(2)9-5-10-18(12-16)15(19)14-7-6-13(22-14)11-17-23(3,20)21/h6-7,17H,4-5,8-12H2,1-3H3. The van der Waals surface area contributed by atoms with Gasteiger partial charge in [-0.05, 0) is 36.8 Å². The third-order valence-electron chi connectivity index (χ3n) is 4.30. The molecule has 7 heteroatoms. The van der Waals surface area contributed by atoms with Gasteiger partial charge in [-0.15, -0.1) is 0 Å². The predicted molar refractivity (Wildman–Crippen MR) is 88.5 cm³/mol. The zero-order chi connectivity index (χ0) is 17.1. The number of piperidine rings is 1. The highest BCUT2D eigenvalue weighted by atomic mass is 32.2. The molecular weight excluding hydrogens is 316 g/mol. The largest absolute Gasteiger partial charge is 0.455 e. The van der Waals surface area contributed by atoms with Crippen molar-refractivity contribution in [3.8, 4) is 0 Å². The molecular formula is C16H26N2O4S. The monoisotopic (exact) mass is 342 g/mol. The number of hydrogen-bond donors (Lipinski definition) is 1. The number of amides is 1. The smallest absolute Gasteiger partial charge is 0.289 e. The van der Waals surface area contributed by atoms with Gasteiger partial charge in [0.05, 0.1) is 12.8 Å². The SMILES string of the molecule is CCCC1(C)CCCN(C(=O)c2ccc(CNS(C)(=O)=O)o2)C1. The molecule has 1 fully saturated rings. The van der Waals surface area contributed by atoms with Gasteiger partial charge < -0.3 is 9.32 Å². The zero-order valence-electron chi connectivity index (χ0n) is 14.1. The summed E-state index contributed by atoms with van der Waals surface area (Å²) in [5, 5.41) is 0. The van der Waals surface area contributed by atoms with Crippen LogP contribution in [0.5, 0.6) is 0 Å². The number of likely N-dealkylation sites (tertiary alicyclic amines) is 1. The first kappa shape index (κ1) is 18.0. The van der Waals surface area contributed by atoms with E-state index in [1.807, 2.05) is 4.90 Å². The summed E-state index contributed by atoms with van der Waals surface area (Å²) in [6.07, 6.45) is 5.46. The van der Waals surface area contributed by atoms with Crippen LogP contribution in [-0.4, -0.2) is 38.6 Å². The number of carbonyl (C=O) groups is 1. The summed E-state index contributed by atoms with van der Waals surface area (Å²) in [5.74, 6) is 0.598. The van der Waals surface area contributed by atoms with Crippen molar-refractivity contribution in [3.63, 3.8) is 0 Å². The van der Waals surface area contributed by atoms with E-state index < -0.39 is 10.0 Å². The average molecular weight is 342 g/mol. The Balaban J connectivity index is 2.01. The fraction of sp³-hybridized carbons (Fsp3) is 0.688. The first-order valence-corrected chi connectivity index (χ1v) is 9.94. The van der Waals surface area contributed by atoms with Gasteiger partial charge in [0.25, 0.3) is 5.91 Å². The van der Waals surface area contributed by atoms with Gasteiger partial charge in [0.15, 0.2) is 5.76 Å². The zero-order valence-corrected chi connectivity index (χ0v) is 14.9. The van der Waals surface area contributed by atoms with Crippen LogP contribution in [0.2, 0.25) is 0 Å². The van der Waals surface area contributed by atoms with Gasteiger partial charge in [-0.25, -0.2) is 13.1 Å². The lowest BCUT2D eigenvalue weighted by molar-refractivity contribution is 0.0499. The second kappa shape index (κ2) is 7.05. The van der Waals surface area contributed by atoms with Crippen molar-refractivity contribution < 1.29 is 17.6 Å². The number of furan rings is 1. The fourth-order valence-corrected chi connectivity index (χ4v) is 3.65. The molecule has 1 unspecified atom stereocenters. The molecule has 2 heterocycles. The highest BCUT2D eigenvalue weighted by molar-refractivity contribution is 7.88. The number of carbonyl (C=O) groups excluding carboxylic acids is 1. The summed E-state index contributed by atoms with van der Waals surface area (Å²) < 4.78 is 30.1. The molecule has 0 radical (unpaired) electrons. The topological polar surface area (TPSA) is 79.6 Å². The van der Waals surface area contributed by atoms with Crippen LogP contribution in [0.15, 0.2) is 16.5 Å². The van der Waals surface area contributed by atoms with Gasteiger partial charge in [0.2, 0.25) is 10.0 Å². The van der Waals surface area contributed by atoms with Crippen LogP contribution in [0.25, 0.3) is 0 Å². The first-order chi connectivity index (χ1) is 10.7. The Morgan fingerprint density at radius 1 is 1.43 bits per heavy atom. The molecule has 1 aromatic rings. The van der Waals surface area contributed by atoms with Gasteiger partial charge in [0, 0.05) is 13.1 Å². The third-order valence-corrected chi connectivity index (χ3v) is 4.97. The van der Waals surface area contributed by atoms with Crippen molar-refractivity contribution in [1.29, 1.82) is 0 Å². The average Bonchev–Trinajstić information content (AvgIpc) is 2.92. The van der Waals surface area contributed by atoms with E-state index in [1.54, 1.807) is 12.1 Å². The van der Waals surface area contributed by atoms with Crippen LogP contribution in [0, 0.1) is 5.41 Å². The Morgan fingerprint density at radius 2 is 2.17 bits per heavy atom. The molecule has 1 saturated heterocycles. The molecule has 1 aromatic heterocycles. The van der Waals surface area contributed by atoms with Crippen LogP contribution >= 0.6 is 0 Å². The van der Waals surface area contributed by atoms with E-state index in [0.717, 1.165) is 45.0 Å². The van der Waals surface area contributed by atoms with Crippen LogP contribution in [0.4, 0.5) is 0 Å². The van der Waals surface area contributed by atoms with E-state index in [0.29, 0.717) is 5.76 Å². The highest BCUT2D eigenvalue weighted by Crippen LogP contribution is 2.34. The van der Waals surface area contributed by atoms with Crippen molar-refractivity contribution in [2.75, 3.05) is 19.3 Å². The van der Waals surface area contributed by atoms with E-state index >= 15 is 0 Å². The molecule has 2 rings (SSSR count). The van der Waals surface area contributed by atoms with Gasteiger partial charge in [-0.2, -0.15) is 0 Å². The Kier molecular flexibility index (Phi) is 5.52. The predicted octanol–water partition coefficient (Wildman–Crippen LogP) is 2.37. The number of rotatable bonds is 6. The molecule has 0 aromatic carbocycles. The normalized spacial score (nSPS) is 22.3. The van der Waals surface area contributed by atoms with Gasteiger partial charge in [0.1, 0.15) is 5.76 Å². The van der Waals surface area contributed by atoms with Crippen LogP contribution in [0.3, 0.4) is 0 Å². The third kappa shape index (κ3) is 5.07. The molecule has 0 aliphatic carbocycles. The van der Waals surface area contributed by atoms with Crippen molar-refractivity contribution >= 4 is 15.9 Å². The summed E-state index contributed by atoms with van der Waals surface area (Å²) in [5.41, 5.74) is 0.177. The van der Waals surface area contributed by atoms with E-state index in [2.05, 4.69) is 18.6 Å². The Bertz CT molecular complexity index is 649. The van der Waals surface area contributed by atoms with E-state index in [9.17, 15) is 13.2 Å². The Hall–Kier alpha value is -1.34. The van der Waals surface area contributed by atoms with Gasteiger partial charge in [-0.3, -0.25) is 4.79 Å². The maximum absolute atomic E-state index is 12.6. The molecule has 23 heavy (non-hydrogen) atoms. The number of nitrogens with one attached hydrogen (secondary N) is 1. The first-order valence-electron chi connectivity index (χ1n) is 8.05. The van der Waals surface area contributed by atoms with E-state index in [1.165, 1.54) is 0 Å². The minimum atomic E-state index is -3.28. The Morgan fingerprint density at radius 3 is 2.83 bits per heavy atom. The summed E-state index contributed by atoms with van der Waals surface area (Å²) in [6.45, 7) is 5.95. The lowest BCUT2D eigenvalue weighted by Crippen LogP contribution is -2.44. The molecule has 1 aliphatic rings. The van der Waals surface area contributed by atoms with Crippen LogP contribution in [0.1, 0.15) is 55.8 Å². The molecule has 1 amide bonds. The summed E-state index contributed by atoms with van der Waals surface area (Å²) in [6, 6.07) is 3.26. The van der Waals surface area contributed by atoms with Crippen LogP contribution in [-0.2, 0) is 16.6 Å². The maximum atomic E-state index is 12.6.